The minimum atomic E-state index is -0.167. The van der Waals surface area contributed by atoms with E-state index in [1.807, 2.05) is 60.7 Å². The van der Waals surface area contributed by atoms with E-state index in [4.69, 9.17) is 9.47 Å². The van der Waals surface area contributed by atoms with Crippen LogP contribution in [0.3, 0.4) is 0 Å². The summed E-state index contributed by atoms with van der Waals surface area (Å²) in [5.41, 5.74) is 0. The Morgan fingerprint density at radius 2 is 1.55 bits per heavy atom. The Morgan fingerprint density at radius 3 is 2.21 bits per heavy atom. The molecule has 0 aromatic heterocycles. The number of benzene rings is 2. The first-order chi connectivity index (χ1) is 14.2. The van der Waals surface area contributed by atoms with Crippen molar-refractivity contribution in [2.45, 2.75) is 19.3 Å². The van der Waals surface area contributed by atoms with E-state index in [0.717, 1.165) is 24.3 Å². The van der Waals surface area contributed by atoms with Crippen LogP contribution in [0.2, 0.25) is 0 Å². The lowest BCUT2D eigenvalue weighted by molar-refractivity contribution is -0.136. The summed E-state index contributed by atoms with van der Waals surface area (Å²) in [7, 11) is 0. The third-order valence-corrected chi connectivity index (χ3v) is 4.89. The molecule has 1 aliphatic rings. The smallest absolute Gasteiger partial charge is 0.226 e. The molecule has 154 valence electrons. The third-order valence-electron chi connectivity index (χ3n) is 4.89. The molecule has 1 atom stereocenters. The van der Waals surface area contributed by atoms with Crippen LogP contribution in [-0.4, -0.2) is 49.6 Å². The second-order valence-corrected chi connectivity index (χ2v) is 7.04. The standard InChI is InChI=1S/C23H28N2O4/c26-22(13-16-28-20-9-3-1-4-10-20)25-15-7-8-19(18-25)23(27)24-14-17-29-21-11-5-2-6-12-21/h1-6,9-12,19H,7-8,13-18H2,(H,24,27). The van der Waals surface area contributed by atoms with E-state index >= 15 is 0 Å². The average Bonchev–Trinajstić information content (AvgIpc) is 2.78. The van der Waals surface area contributed by atoms with Crippen LogP contribution in [0.1, 0.15) is 19.3 Å². The minimum Gasteiger partial charge on any atom is -0.493 e. The molecule has 1 saturated heterocycles. The lowest BCUT2D eigenvalue weighted by atomic mass is 9.97. The Labute approximate surface area is 171 Å². The second-order valence-electron chi connectivity index (χ2n) is 7.04. The number of nitrogens with zero attached hydrogens (tertiary/aromatic N) is 1. The molecule has 1 N–H and O–H groups in total. The van der Waals surface area contributed by atoms with Gasteiger partial charge in [0.2, 0.25) is 11.8 Å². The molecule has 1 aliphatic heterocycles. The highest BCUT2D eigenvalue weighted by atomic mass is 16.5. The van der Waals surface area contributed by atoms with E-state index < -0.39 is 0 Å². The van der Waals surface area contributed by atoms with Gasteiger partial charge in [-0.3, -0.25) is 9.59 Å². The van der Waals surface area contributed by atoms with Gasteiger partial charge < -0.3 is 19.7 Å². The molecule has 0 radical (unpaired) electrons. The molecule has 0 spiro atoms. The normalized spacial score (nSPS) is 16.1. The van der Waals surface area contributed by atoms with Crippen LogP contribution in [0.25, 0.3) is 0 Å². The number of ether oxygens (including phenoxy) is 2. The van der Waals surface area contributed by atoms with E-state index in [1.165, 1.54) is 0 Å². The molecule has 0 saturated carbocycles. The predicted octanol–water partition coefficient (Wildman–Crippen LogP) is 2.89. The number of rotatable bonds is 9. The molecule has 0 bridgehead atoms. The highest BCUT2D eigenvalue weighted by molar-refractivity contribution is 5.81. The first-order valence-electron chi connectivity index (χ1n) is 10.1. The number of carbonyl (C=O) groups excluding carboxylic acids is 2. The Hall–Kier alpha value is -3.02. The Kier molecular flexibility index (Phi) is 7.92. The van der Waals surface area contributed by atoms with E-state index in [9.17, 15) is 9.59 Å². The predicted molar refractivity (Wildman–Crippen MR) is 111 cm³/mol. The quantitative estimate of drug-likeness (QED) is 0.662. The van der Waals surface area contributed by atoms with Gasteiger partial charge in [-0.1, -0.05) is 36.4 Å². The monoisotopic (exact) mass is 396 g/mol. The average molecular weight is 396 g/mol. The molecular formula is C23H28N2O4. The van der Waals surface area contributed by atoms with E-state index in [0.29, 0.717) is 39.3 Å². The maximum atomic E-state index is 12.5. The molecule has 2 amide bonds. The summed E-state index contributed by atoms with van der Waals surface area (Å²) in [4.78, 5) is 26.7. The van der Waals surface area contributed by atoms with Crippen molar-refractivity contribution in [2.24, 2.45) is 5.92 Å². The van der Waals surface area contributed by atoms with Crippen molar-refractivity contribution in [3.63, 3.8) is 0 Å². The van der Waals surface area contributed by atoms with Gasteiger partial charge in [-0.05, 0) is 37.1 Å². The molecule has 1 heterocycles. The summed E-state index contributed by atoms with van der Waals surface area (Å²) in [5, 5.41) is 2.92. The summed E-state index contributed by atoms with van der Waals surface area (Å²) < 4.78 is 11.2. The largest absolute Gasteiger partial charge is 0.493 e. The summed E-state index contributed by atoms with van der Waals surface area (Å²) >= 11 is 0. The number of hydrogen-bond donors (Lipinski definition) is 1. The van der Waals surface area contributed by atoms with Gasteiger partial charge in [-0.2, -0.15) is 0 Å². The number of nitrogens with one attached hydrogen (secondary N) is 1. The Balaban J connectivity index is 1.35. The van der Waals surface area contributed by atoms with E-state index in [2.05, 4.69) is 5.32 Å². The molecule has 0 aliphatic carbocycles. The van der Waals surface area contributed by atoms with Crippen LogP contribution in [-0.2, 0) is 9.59 Å². The maximum Gasteiger partial charge on any atom is 0.226 e. The van der Waals surface area contributed by atoms with Crippen LogP contribution in [0, 0.1) is 5.92 Å². The van der Waals surface area contributed by atoms with E-state index in [1.54, 1.807) is 4.90 Å². The fraction of sp³-hybridized carbons (Fsp3) is 0.391. The number of amides is 2. The molecule has 3 rings (SSSR count). The Morgan fingerprint density at radius 1 is 0.931 bits per heavy atom. The lowest BCUT2D eigenvalue weighted by Gasteiger charge is -2.32. The second kappa shape index (κ2) is 11.1. The van der Waals surface area contributed by atoms with Crippen molar-refractivity contribution in [1.82, 2.24) is 10.2 Å². The summed E-state index contributed by atoms with van der Waals surface area (Å²) in [5.74, 6) is 1.40. The third kappa shape index (κ3) is 6.82. The van der Waals surface area contributed by atoms with Gasteiger partial charge in [-0.15, -0.1) is 0 Å². The summed E-state index contributed by atoms with van der Waals surface area (Å²) in [6.07, 6.45) is 1.95. The topological polar surface area (TPSA) is 67.9 Å². The number of para-hydroxylation sites is 2. The molecule has 2 aromatic carbocycles. The van der Waals surface area contributed by atoms with Crippen molar-refractivity contribution in [1.29, 1.82) is 0 Å². The molecular weight excluding hydrogens is 368 g/mol. The van der Waals surface area contributed by atoms with Crippen LogP contribution < -0.4 is 14.8 Å². The van der Waals surface area contributed by atoms with Gasteiger partial charge >= 0.3 is 0 Å². The summed E-state index contributed by atoms with van der Waals surface area (Å²) in [6, 6.07) is 19.0. The highest BCUT2D eigenvalue weighted by Gasteiger charge is 2.28. The van der Waals surface area contributed by atoms with Crippen molar-refractivity contribution >= 4 is 11.8 Å². The molecule has 2 aromatic rings. The van der Waals surface area contributed by atoms with Crippen LogP contribution in [0.4, 0.5) is 0 Å². The maximum absolute atomic E-state index is 12.5. The number of hydrogen-bond acceptors (Lipinski definition) is 4. The fourth-order valence-electron chi connectivity index (χ4n) is 3.35. The van der Waals surface area contributed by atoms with Gasteiger partial charge in [0.05, 0.1) is 25.5 Å². The van der Waals surface area contributed by atoms with Gasteiger partial charge in [0.1, 0.15) is 18.1 Å². The summed E-state index contributed by atoms with van der Waals surface area (Å²) in [6.45, 7) is 2.37. The fourth-order valence-corrected chi connectivity index (χ4v) is 3.35. The van der Waals surface area contributed by atoms with Crippen molar-refractivity contribution in [3.8, 4) is 11.5 Å². The Bertz CT molecular complexity index is 767. The van der Waals surface area contributed by atoms with Crippen LogP contribution in [0.5, 0.6) is 11.5 Å². The van der Waals surface area contributed by atoms with E-state index in [-0.39, 0.29) is 17.7 Å². The number of piperidine rings is 1. The van der Waals surface area contributed by atoms with Gasteiger partial charge in [0, 0.05) is 13.1 Å². The van der Waals surface area contributed by atoms with Crippen molar-refractivity contribution in [3.05, 3.63) is 60.7 Å². The minimum absolute atomic E-state index is 0.0142. The first kappa shape index (κ1) is 20.7. The van der Waals surface area contributed by atoms with Gasteiger partial charge in [0.15, 0.2) is 0 Å². The van der Waals surface area contributed by atoms with Crippen LogP contribution in [0.15, 0.2) is 60.7 Å². The molecule has 29 heavy (non-hydrogen) atoms. The number of likely N-dealkylation sites (tertiary alicyclic amines) is 1. The van der Waals surface area contributed by atoms with Crippen molar-refractivity contribution in [2.75, 3.05) is 32.8 Å². The lowest BCUT2D eigenvalue weighted by Crippen LogP contribution is -2.46. The van der Waals surface area contributed by atoms with Crippen LogP contribution >= 0.6 is 0 Å². The number of carbonyl (C=O) groups is 2. The zero-order valence-electron chi connectivity index (χ0n) is 16.6. The van der Waals surface area contributed by atoms with Gasteiger partial charge in [0.25, 0.3) is 0 Å². The zero-order valence-corrected chi connectivity index (χ0v) is 16.6. The molecule has 6 heteroatoms. The SMILES string of the molecule is O=C(NCCOc1ccccc1)C1CCCN(C(=O)CCOc2ccccc2)C1. The molecule has 1 unspecified atom stereocenters. The highest BCUT2D eigenvalue weighted by Crippen LogP contribution is 2.18. The van der Waals surface area contributed by atoms with Crippen molar-refractivity contribution < 1.29 is 19.1 Å². The van der Waals surface area contributed by atoms with Gasteiger partial charge in [-0.25, -0.2) is 0 Å². The molecule has 6 nitrogen and oxygen atoms in total. The zero-order chi connectivity index (χ0) is 20.3. The molecule has 1 fully saturated rings. The first-order valence-corrected chi connectivity index (χ1v) is 10.1.